The summed E-state index contributed by atoms with van der Waals surface area (Å²) in [6.45, 7) is 6.26. The van der Waals surface area contributed by atoms with Gasteiger partial charge in [-0.1, -0.05) is 60.6 Å². The van der Waals surface area contributed by atoms with Gasteiger partial charge < -0.3 is 14.4 Å². The molecule has 4 nitrogen and oxygen atoms in total. The molecule has 2 aromatic carbocycles. The lowest BCUT2D eigenvalue weighted by atomic mass is 10.1. The van der Waals surface area contributed by atoms with Crippen molar-refractivity contribution in [2.45, 2.75) is 33.6 Å². The Labute approximate surface area is 174 Å². The number of fused-ring (bicyclic) bond motifs is 1. The minimum atomic E-state index is -0.306. The summed E-state index contributed by atoms with van der Waals surface area (Å²) < 4.78 is 7.16. The normalized spacial score (nSPS) is 11.0. The number of halogens is 1. The van der Waals surface area contributed by atoms with Gasteiger partial charge in [-0.3, -0.25) is 4.79 Å². The highest BCUT2D eigenvalue weighted by molar-refractivity contribution is 7.80. The predicted molar refractivity (Wildman–Crippen MR) is 117 cm³/mol. The minimum absolute atomic E-state index is 0.0317. The van der Waals surface area contributed by atoms with Crippen LogP contribution in [0.1, 0.15) is 35.7 Å². The molecule has 3 rings (SSSR count). The first-order valence-electron chi connectivity index (χ1n) is 9.12. The van der Waals surface area contributed by atoms with Crippen LogP contribution in [-0.4, -0.2) is 27.2 Å². The van der Waals surface area contributed by atoms with Crippen molar-refractivity contribution in [1.29, 1.82) is 0 Å². The molecule has 0 amide bonds. The fraction of sp³-hybridized carbons (Fsp3) is 0.273. The Morgan fingerprint density at radius 2 is 1.89 bits per heavy atom. The summed E-state index contributed by atoms with van der Waals surface area (Å²) in [4.78, 5) is 12.9. The van der Waals surface area contributed by atoms with Gasteiger partial charge in [0.25, 0.3) is 0 Å². The zero-order valence-corrected chi connectivity index (χ0v) is 17.7. The Bertz CT molecular complexity index is 1050. The second-order valence-corrected chi connectivity index (χ2v) is 7.58. The number of esters is 1. The summed E-state index contributed by atoms with van der Waals surface area (Å²) in [5.74, 6) is -0.338. The lowest BCUT2D eigenvalue weighted by Crippen LogP contribution is -2.14. The fourth-order valence-electron chi connectivity index (χ4n) is 3.21. The molecule has 0 aliphatic rings. The topological polar surface area (TPSA) is 51.5 Å². The quantitative estimate of drug-likeness (QED) is 0.451. The second-order valence-electron chi connectivity index (χ2n) is 6.79. The van der Waals surface area contributed by atoms with Gasteiger partial charge in [0, 0.05) is 16.6 Å². The Morgan fingerprint density at radius 1 is 1.21 bits per heavy atom. The van der Waals surface area contributed by atoms with Gasteiger partial charge >= 0.3 is 5.97 Å². The van der Waals surface area contributed by atoms with Crippen molar-refractivity contribution < 1.29 is 14.6 Å². The summed E-state index contributed by atoms with van der Waals surface area (Å²) in [6, 6.07) is 11.2. The largest absolute Gasteiger partial charge is 0.506 e. The van der Waals surface area contributed by atoms with E-state index in [1.54, 1.807) is 12.1 Å². The van der Waals surface area contributed by atoms with Crippen LogP contribution in [0.25, 0.3) is 10.9 Å². The number of aromatic hydroxyl groups is 1. The zero-order valence-electron chi connectivity index (χ0n) is 16.1. The maximum absolute atomic E-state index is 12.3. The molecule has 0 unspecified atom stereocenters. The van der Waals surface area contributed by atoms with Crippen LogP contribution >= 0.6 is 23.8 Å². The molecular formula is C22H22ClNO3S. The monoisotopic (exact) mass is 415 g/mol. The molecule has 0 bridgehead atoms. The predicted octanol–water partition coefficient (Wildman–Crippen LogP) is 5.34. The van der Waals surface area contributed by atoms with Gasteiger partial charge in [-0.05, 0) is 38.0 Å². The lowest BCUT2D eigenvalue weighted by molar-refractivity contribution is -0.142. The molecule has 6 heteroatoms. The third-order valence-corrected chi connectivity index (χ3v) is 5.41. The SMILES string of the molecule is CCCOC(=O)Cc1c(C)n(C(=S)c2ccc(C)cc2)c2cc(Cl)c(O)cc12. The van der Waals surface area contributed by atoms with E-state index in [9.17, 15) is 9.90 Å². The number of aryl methyl sites for hydroxylation is 1. The van der Waals surface area contributed by atoms with Crippen molar-refractivity contribution in [3.8, 4) is 5.75 Å². The van der Waals surface area contributed by atoms with Gasteiger partial charge in [-0.2, -0.15) is 0 Å². The number of phenols is 1. The number of ether oxygens (including phenoxy) is 1. The molecule has 1 N–H and O–H groups in total. The number of phenolic OH excluding ortho intramolecular Hbond substituents is 1. The first-order chi connectivity index (χ1) is 13.3. The number of hydrogen-bond acceptors (Lipinski definition) is 4. The van der Waals surface area contributed by atoms with Crippen molar-refractivity contribution in [1.82, 2.24) is 4.57 Å². The first kappa shape index (κ1) is 20.4. The molecule has 3 aromatic rings. The van der Waals surface area contributed by atoms with Crippen molar-refractivity contribution in [3.05, 3.63) is 63.8 Å². The minimum Gasteiger partial charge on any atom is -0.506 e. The highest BCUT2D eigenvalue weighted by Gasteiger charge is 2.21. The van der Waals surface area contributed by atoms with Gasteiger partial charge in [-0.15, -0.1) is 0 Å². The summed E-state index contributed by atoms with van der Waals surface area (Å²) in [5.41, 5.74) is 4.40. The zero-order chi connectivity index (χ0) is 20.4. The third-order valence-electron chi connectivity index (χ3n) is 4.69. The number of hydrogen-bond donors (Lipinski definition) is 1. The Hall–Kier alpha value is -2.37. The van der Waals surface area contributed by atoms with Gasteiger partial charge in [0.05, 0.1) is 23.6 Å². The summed E-state index contributed by atoms with van der Waals surface area (Å²) >= 11 is 11.9. The van der Waals surface area contributed by atoms with E-state index in [1.807, 2.05) is 49.6 Å². The summed E-state index contributed by atoms with van der Waals surface area (Å²) in [7, 11) is 0. The number of thiocarbonyl (C=S) groups is 1. The number of nitrogens with zero attached hydrogens (tertiary/aromatic N) is 1. The van der Waals surface area contributed by atoms with Crippen LogP contribution in [0, 0.1) is 13.8 Å². The molecule has 0 fully saturated rings. The van der Waals surface area contributed by atoms with Gasteiger partial charge in [0.2, 0.25) is 0 Å². The molecule has 0 atom stereocenters. The first-order valence-corrected chi connectivity index (χ1v) is 9.91. The van der Waals surface area contributed by atoms with Crippen LogP contribution in [0.5, 0.6) is 5.75 Å². The summed E-state index contributed by atoms with van der Waals surface area (Å²) in [5, 5.41) is 11.1. The molecule has 28 heavy (non-hydrogen) atoms. The van der Waals surface area contributed by atoms with E-state index in [0.717, 1.165) is 39.7 Å². The van der Waals surface area contributed by atoms with Crippen LogP contribution in [0.4, 0.5) is 0 Å². The molecule has 0 saturated heterocycles. The number of aromatic nitrogens is 1. The highest BCUT2D eigenvalue weighted by atomic mass is 35.5. The standard InChI is InChI=1S/C22H22ClNO3S/c1-4-9-27-21(26)11-16-14(3)24(19-12-18(23)20(25)10-17(16)19)22(28)15-7-5-13(2)6-8-15/h5-8,10,12,25H,4,9,11H2,1-3H3. The van der Waals surface area contributed by atoms with Gasteiger partial charge in [0.1, 0.15) is 10.7 Å². The van der Waals surface area contributed by atoms with Crippen LogP contribution in [-0.2, 0) is 16.0 Å². The number of rotatable bonds is 5. The Kier molecular flexibility index (Phi) is 6.06. The summed E-state index contributed by atoms with van der Waals surface area (Å²) in [6.07, 6.45) is 0.868. The average molecular weight is 416 g/mol. The molecule has 0 spiro atoms. The molecule has 0 aliphatic heterocycles. The average Bonchev–Trinajstić information content (AvgIpc) is 2.91. The van der Waals surface area contributed by atoms with E-state index in [2.05, 4.69) is 0 Å². The Morgan fingerprint density at radius 3 is 2.54 bits per heavy atom. The van der Waals surface area contributed by atoms with Gasteiger partial charge in [-0.25, -0.2) is 0 Å². The van der Waals surface area contributed by atoms with Crippen LogP contribution < -0.4 is 0 Å². The molecule has 1 heterocycles. The number of carbonyl (C=O) groups excluding carboxylic acids is 1. The van der Waals surface area contributed by atoms with E-state index < -0.39 is 0 Å². The maximum Gasteiger partial charge on any atom is 0.310 e. The lowest BCUT2D eigenvalue weighted by Gasteiger charge is -2.11. The Balaban J connectivity index is 2.15. The van der Waals surface area contributed by atoms with E-state index >= 15 is 0 Å². The molecule has 146 valence electrons. The maximum atomic E-state index is 12.3. The third kappa shape index (κ3) is 3.91. The molecule has 0 radical (unpaired) electrons. The van der Waals surface area contributed by atoms with Crippen LogP contribution in [0.2, 0.25) is 5.02 Å². The van der Waals surface area contributed by atoms with E-state index in [0.29, 0.717) is 11.6 Å². The van der Waals surface area contributed by atoms with Crippen LogP contribution in [0.3, 0.4) is 0 Å². The molecular weight excluding hydrogens is 394 g/mol. The smallest absolute Gasteiger partial charge is 0.310 e. The van der Waals surface area contributed by atoms with Crippen molar-refractivity contribution in [3.63, 3.8) is 0 Å². The van der Waals surface area contributed by atoms with Crippen molar-refractivity contribution >= 4 is 45.7 Å². The van der Waals surface area contributed by atoms with Crippen molar-refractivity contribution in [2.75, 3.05) is 6.61 Å². The molecule has 0 saturated carbocycles. The van der Waals surface area contributed by atoms with E-state index in [1.165, 1.54) is 0 Å². The van der Waals surface area contributed by atoms with E-state index in [-0.39, 0.29) is 23.2 Å². The number of carbonyl (C=O) groups is 1. The van der Waals surface area contributed by atoms with Crippen molar-refractivity contribution in [2.24, 2.45) is 0 Å². The van der Waals surface area contributed by atoms with Crippen LogP contribution in [0.15, 0.2) is 36.4 Å². The second kappa shape index (κ2) is 8.33. The molecule has 0 aliphatic carbocycles. The number of benzene rings is 2. The van der Waals surface area contributed by atoms with Gasteiger partial charge in [0.15, 0.2) is 0 Å². The fourth-order valence-corrected chi connectivity index (χ4v) is 3.74. The molecule has 1 aromatic heterocycles. The van der Waals surface area contributed by atoms with E-state index in [4.69, 9.17) is 28.6 Å². The highest BCUT2D eigenvalue weighted by Crippen LogP contribution is 2.35.